The molecule has 0 fully saturated rings. The number of rotatable bonds is 7. The third kappa shape index (κ3) is 7.34. The molecule has 0 aliphatic carbocycles. The molecular weight excluding hydrogens is 542 g/mol. The molecule has 3 rings (SSSR count). The smallest absolute Gasteiger partial charge is 0.357 e. The number of aliphatic imine (C=N–C) groups is 1. The molecule has 1 aliphatic heterocycles. The summed E-state index contributed by atoms with van der Waals surface area (Å²) in [6.07, 6.45) is -3.39. The lowest BCUT2D eigenvalue weighted by molar-refractivity contribution is -0.140. The van der Waals surface area contributed by atoms with Crippen molar-refractivity contribution in [3.8, 4) is 0 Å². The van der Waals surface area contributed by atoms with Gasteiger partial charge >= 0.3 is 6.18 Å². The molecule has 1 amide bonds. The second-order valence-electron chi connectivity index (χ2n) is 6.87. The van der Waals surface area contributed by atoms with E-state index >= 15 is 0 Å². The predicted octanol–water partition coefficient (Wildman–Crippen LogP) is 4.16. The molecule has 0 bridgehead atoms. The Kier molecular flexibility index (Phi) is 9.54. The number of thiazole rings is 1. The Balaban J connectivity index is 0.00000341. The summed E-state index contributed by atoms with van der Waals surface area (Å²) in [5, 5.41) is 7.45. The van der Waals surface area contributed by atoms with Crippen LogP contribution in [0.1, 0.15) is 41.6 Å². The van der Waals surface area contributed by atoms with Crippen molar-refractivity contribution in [2.24, 2.45) is 4.99 Å². The highest BCUT2D eigenvalue weighted by Crippen LogP contribution is 2.30. The number of carbonyl (C=O) groups excluding carboxylic acids is 1. The highest BCUT2D eigenvalue weighted by atomic mass is 127. The topological polar surface area (TPSA) is 69.6 Å². The van der Waals surface area contributed by atoms with E-state index in [4.69, 9.17) is 0 Å². The van der Waals surface area contributed by atoms with Crippen LogP contribution in [0.25, 0.3) is 0 Å². The fraction of sp³-hybridized carbons (Fsp3) is 0.450. The molecule has 0 radical (unpaired) electrons. The number of guanidine groups is 1. The van der Waals surface area contributed by atoms with Gasteiger partial charge in [0.15, 0.2) is 11.7 Å². The normalized spacial score (nSPS) is 13.5. The molecule has 2 aromatic rings. The number of aromatic nitrogens is 1. The van der Waals surface area contributed by atoms with E-state index in [-0.39, 0.29) is 36.4 Å². The molecule has 2 N–H and O–H groups in total. The van der Waals surface area contributed by atoms with Crippen LogP contribution in [-0.4, -0.2) is 34.8 Å². The van der Waals surface area contributed by atoms with Crippen molar-refractivity contribution in [3.63, 3.8) is 0 Å². The molecular formula is C20H25F3IN5OS. The van der Waals surface area contributed by atoms with Crippen LogP contribution >= 0.6 is 35.3 Å². The van der Waals surface area contributed by atoms with Crippen LogP contribution in [-0.2, 0) is 30.6 Å². The minimum atomic E-state index is -4.44. The molecule has 1 aromatic carbocycles. The standard InChI is InChI=1S/C20H24F3N5OS.HI/c1-2-24-19(26-10-17-27-16(13-30-17)20(21,22)23)25-9-5-8-18(29)28-11-14-6-3-4-7-15(14)12-28;/h3-4,6-7,13H,2,5,8-12H2,1H3,(H2,24,25,26);1H. The highest BCUT2D eigenvalue weighted by Gasteiger charge is 2.33. The minimum Gasteiger partial charge on any atom is -0.357 e. The molecule has 170 valence electrons. The first-order chi connectivity index (χ1) is 14.4. The SMILES string of the molecule is CCNC(=NCc1nc(C(F)(F)F)cs1)NCCCC(=O)N1Cc2ccccc2C1.I. The number of carbonyl (C=O) groups is 1. The zero-order valence-corrected chi connectivity index (χ0v) is 20.2. The first-order valence-corrected chi connectivity index (χ1v) is 10.6. The zero-order chi connectivity index (χ0) is 21.6. The molecule has 0 spiro atoms. The van der Waals surface area contributed by atoms with E-state index in [1.54, 1.807) is 0 Å². The maximum absolute atomic E-state index is 12.6. The summed E-state index contributed by atoms with van der Waals surface area (Å²) in [5.74, 6) is 0.597. The van der Waals surface area contributed by atoms with Gasteiger partial charge in [0.1, 0.15) is 5.01 Å². The minimum absolute atomic E-state index is 0. The van der Waals surface area contributed by atoms with E-state index in [0.29, 0.717) is 50.0 Å². The van der Waals surface area contributed by atoms with Crippen molar-refractivity contribution in [1.29, 1.82) is 0 Å². The van der Waals surface area contributed by atoms with Gasteiger partial charge < -0.3 is 15.5 Å². The van der Waals surface area contributed by atoms with Crippen LogP contribution in [0.2, 0.25) is 0 Å². The van der Waals surface area contributed by atoms with E-state index < -0.39 is 11.9 Å². The number of hydrogen-bond donors (Lipinski definition) is 2. The summed E-state index contributed by atoms with van der Waals surface area (Å²) in [6, 6.07) is 8.05. The molecule has 6 nitrogen and oxygen atoms in total. The lowest BCUT2D eigenvalue weighted by atomic mass is 10.1. The van der Waals surface area contributed by atoms with Crippen LogP contribution in [0.4, 0.5) is 13.2 Å². The lowest BCUT2D eigenvalue weighted by Crippen LogP contribution is -2.38. The summed E-state index contributed by atoms with van der Waals surface area (Å²) >= 11 is 0.934. The van der Waals surface area contributed by atoms with E-state index in [1.807, 2.05) is 36.1 Å². The fourth-order valence-corrected chi connectivity index (χ4v) is 3.84. The largest absolute Gasteiger partial charge is 0.434 e. The molecule has 2 heterocycles. The van der Waals surface area contributed by atoms with Crippen molar-refractivity contribution in [2.75, 3.05) is 13.1 Å². The summed E-state index contributed by atoms with van der Waals surface area (Å²) in [4.78, 5) is 22.1. The van der Waals surface area contributed by atoms with E-state index in [2.05, 4.69) is 20.6 Å². The van der Waals surface area contributed by atoms with Gasteiger partial charge in [-0.25, -0.2) is 9.98 Å². The number of halogens is 4. The number of nitrogens with zero attached hydrogens (tertiary/aromatic N) is 3. The molecule has 0 saturated carbocycles. The Hall–Kier alpha value is -1.89. The van der Waals surface area contributed by atoms with Crippen LogP contribution in [0.15, 0.2) is 34.6 Å². The molecule has 1 aromatic heterocycles. The predicted molar refractivity (Wildman–Crippen MR) is 125 cm³/mol. The number of hydrogen-bond acceptors (Lipinski definition) is 4. The summed E-state index contributed by atoms with van der Waals surface area (Å²) in [5.41, 5.74) is 1.50. The Labute approximate surface area is 200 Å². The number of fused-ring (bicyclic) bond motifs is 1. The van der Waals surface area contributed by atoms with Crippen molar-refractivity contribution >= 4 is 47.2 Å². The highest BCUT2D eigenvalue weighted by molar-refractivity contribution is 14.0. The van der Waals surface area contributed by atoms with E-state index in [9.17, 15) is 18.0 Å². The Morgan fingerprint density at radius 3 is 2.48 bits per heavy atom. The van der Waals surface area contributed by atoms with Crippen LogP contribution < -0.4 is 10.6 Å². The first kappa shape index (κ1) is 25.4. The summed E-state index contributed by atoms with van der Waals surface area (Å²) < 4.78 is 37.9. The quantitative estimate of drug-likeness (QED) is 0.228. The Bertz CT molecular complexity index is 878. The first-order valence-electron chi connectivity index (χ1n) is 9.75. The van der Waals surface area contributed by atoms with Gasteiger partial charge in [0.25, 0.3) is 0 Å². The summed E-state index contributed by atoms with van der Waals surface area (Å²) in [6.45, 7) is 4.41. The van der Waals surface area contributed by atoms with Gasteiger partial charge in [-0.2, -0.15) is 13.2 Å². The second-order valence-corrected chi connectivity index (χ2v) is 7.81. The molecule has 1 aliphatic rings. The molecule has 31 heavy (non-hydrogen) atoms. The van der Waals surface area contributed by atoms with Crippen molar-refractivity contribution in [2.45, 2.75) is 45.6 Å². The third-order valence-corrected chi connectivity index (χ3v) is 5.45. The van der Waals surface area contributed by atoms with Gasteiger partial charge in [0, 0.05) is 38.0 Å². The molecule has 0 saturated heterocycles. The fourth-order valence-electron chi connectivity index (χ4n) is 3.12. The van der Waals surface area contributed by atoms with Gasteiger partial charge in [-0.05, 0) is 24.5 Å². The maximum Gasteiger partial charge on any atom is 0.434 e. The zero-order valence-electron chi connectivity index (χ0n) is 17.0. The van der Waals surface area contributed by atoms with Gasteiger partial charge in [-0.3, -0.25) is 4.79 Å². The van der Waals surface area contributed by atoms with E-state index in [0.717, 1.165) is 16.7 Å². The lowest BCUT2D eigenvalue weighted by Gasteiger charge is -2.16. The van der Waals surface area contributed by atoms with Gasteiger partial charge in [0.2, 0.25) is 5.91 Å². The number of nitrogens with one attached hydrogen (secondary N) is 2. The summed E-state index contributed by atoms with van der Waals surface area (Å²) in [7, 11) is 0. The number of benzene rings is 1. The van der Waals surface area contributed by atoms with Gasteiger partial charge in [-0.15, -0.1) is 35.3 Å². The van der Waals surface area contributed by atoms with Crippen LogP contribution in [0, 0.1) is 0 Å². The van der Waals surface area contributed by atoms with Gasteiger partial charge in [-0.1, -0.05) is 24.3 Å². The van der Waals surface area contributed by atoms with E-state index in [1.165, 1.54) is 11.1 Å². The van der Waals surface area contributed by atoms with Crippen molar-refractivity contribution < 1.29 is 18.0 Å². The average molecular weight is 567 g/mol. The Morgan fingerprint density at radius 2 is 1.90 bits per heavy atom. The molecule has 11 heteroatoms. The average Bonchev–Trinajstić information content (AvgIpc) is 3.35. The number of amides is 1. The van der Waals surface area contributed by atoms with Crippen molar-refractivity contribution in [1.82, 2.24) is 20.5 Å². The maximum atomic E-state index is 12.6. The van der Waals surface area contributed by atoms with Crippen LogP contribution in [0.3, 0.4) is 0 Å². The number of alkyl halides is 3. The van der Waals surface area contributed by atoms with Crippen LogP contribution in [0.5, 0.6) is 0 Å². The van der Waals surface area contributed by atoms with Gasteiger partial charge in [0.05, 0.1) is 6.54 Å². The third-order valence-electron chi connectivity index (χ3n) is 4.61. The Morgan fingerprint density at radius 1 is 1.23 bits per heavy atom. The molecule has 0 unspecified atom stereocenters. The monoisotopic (exact) mass is 567 g/mol. The molecule has 0 atom stereocenters. The van der Waals surface area contributed by atoms with Crippen molar-refractivity contribution in [3.05, 3.63) is 51.5 Å². The second kappa shape index (κ2) is 11.7.